The zero-order valence-electron chi connectivity index (χ0n) is 7.41. The average molecular weight is 183 g/mol. The standard InChI is InChI=1S/C10H14FNO/c11-7-8-2-1-3-9(6-8)10(12)4-5-13/h1-3,6,10,13H,4-5,7,12H2. The van der Waals surface area contributed by atoms with Crippen molar-refractivity contribution in [2.75, 3.05) is 6.61 Å². The van der Waals surface area contributed by atoms with Crippen LogP contribution in [-0.2, 0) is 6.67 Å². The molecule has 1 unspecified atom stereocenters. The summed E-state index contributed by atoms with van der Waals surface area (Å²) in [5.74, 6) is 0. The molecule has 2 nitrogen and oxygen atoms in total. The van der Waals surface area contributed by atoms with Crippen LogP contribution in [0.1, 0.15) is 23.6 Å². The zero-order chi connectivity index (χ0) is 9.68. The third kappa shape index (κ3) is 2.79. The van der Waals surface area contributed by atoms with Crippen molar-refractivity contribution in [2.45, 2.75) is 19.1 Å². The van der Waals surface area contributed by atoms with Crippen LogP contribution in [0.2, 0.25) is 0 Å². The van der Waals surface area contributed by atoms with E-state index in [1.807, 2.05) is 6.07 Å². The van der Waals surface area contributed by atoms with Crippen molar-refractivity contribution in [3.8, 4) is 0 Å². The van der Waals surface area contributed by atoms with E-state index in [1.54, 1.807) is 18.2 Å². The molecule has 0 spiro atoms. The lowest BCUT2D eigenvalue weighted by Gasteiger charge is -2.10. The zero-order valence-corrected chi connectivity index (χ0v) is 7.41. The van der Waals surface area contributed by atoms with Gasteiger partial charge in [0, 0.05) is 12.6 Å². The Morgan fingerprint density at radius 2 is 2.23 bits per heavy atom. The second-order valence-electron chi connectivity index (χ2n) is 3.00. The van der Waals surface area contributed by atoms with Gasteiger partial charge in [-0.05, 0) is 17.5 Å². The maximum absolute atomic E-state index is 12.3. The fourth-order valence-corrected chi connectivity index (χ4v) is 1.21. The Morgan fingerprint density at radius 3 is 2.85 bits per heavy atom. The molecule has 0 fully saturated rings. The van der Waals surface area contributed by atoms with Gasteiger partial charge in [-0.1, -0.05) is 24.3 Å². The van der Waals surface area contributed by atoms with E-state index in [9.17, 15) is 4.39 Å². The van der Waals surface area contributed by atoms with Crippen molar-refractivity contribution in [1.29, 1.82) is 0 Å². The Hall–Kier alpha value is -0.930. The molecule has 1 rings (SSSR count). The molecule has 0 aliphatic rings. The number of aliphatic hydroxyl groups excluding tert-OH is 1. The summed E-state index contributed by atoms with van der Waals surface area (Å²) < 4.78 is 12.3. The first-order valence-electron chi connectivity index (χ1n) is 4.29. The van der Waals surface area contributed by atoms with Crippen molar-refractivity contribution >= 4 is 0 Å². The van der Waals surface area contributed by atoms with Gasteiger partial charge < -0.3 is 10.8 Å². The third-order valence-electron chi connectivity index (χ3n) is 1.97. The lowest BCUT2D eigenvalue weighted by Crippen LogP contribution is -2.11. The van der Waals surface area contributed by atoms with E-state index in [0.29, 0.717) is 12.0 Å². The number of halogens is 1. The number of aliphatic hydroxyl groups is 1. The molecule has 3 N–H and O–H groups in total. The molecule has 1 aromatic rings. The molecule has 0 aliphatic carbocycles. The highest BCUT2D eigenvalue weighted by Gasteiger charge is 2.05. The Morgan fingerprint density at radius 1 is 1.46 bits per heavy atom. The average Bonchev–Trinajstić information content (AvgIpc) is 2.18. The maximum Gasteiger partial charge on any atom is 0.115 e. The number of nitrogens with two attached hydrogens (primary N) is 1. The minimum atomic E-state index is -0.473. The summed E-state index contributed by atoms with van der Waals surface area (Å²) >= 11 is 0. The molecule has 3 heteroatoms. The first-order valence-corrected chi connectivity index (χ1v) is 4.29. The van der Waals surface area contributed by atoms with Gasteiger partial charge in [0.15, 0.2) is 0 Å². The highest BCUT2D eigenvalue weighted by atomic mass is 19.1. The smallest absolute Gasteiger partial charge is 0.115 e. The summed E-state index contributed by atoms with van der Waals surface area (Å²) in [5, 5.41) is 8.67. The lowest BCUT2D eigenvalue weighted by molar-refractivity contribution is 0.276. The third-order valence-corrected chi connectivity index (χ3v) is 1.97. The normalized spacial score (nSPS) is 12.8. The van der Waals surface area contributed by atoms with Gasteiger partial charge in [0.05, 0.1) is 0 Å². The van der Waals surface area contributed by atoms with Gasteiger partial charge in [0.2, 0.25) is 0 Å². The minimum Gasteiger partial charge on any atom is -0.396 e. The molecule has 0 saturated carbocycles. The summed E-state index contributed by atoms with van der Waals surface area (Å²) in [6.07, 6.45) is 0.510. The van der Waals surface area contributed by atoms with Crippen molar-refractivity contribution in [3.63, 3.8) is 0 Å². The van der Waals surface area contributed by atoms with Gasteiger partial charge in [0.1, 0.15) is 6.67 Å². The van der Waals surface area contributed by atoms with Gasteiger partial charge in [0.25, 0.3) is 0 Å². The largest absolute Gasteiger partial charge is 0.396 e. The van der Waals surface area contributed by atoms with Crippen LogP contribution in [0.25, 0.3) is 0 Å². The van der Waals surface area contributed by atoms with Gasteiger partial charge >= 0.3 is 0 Å². The molecule has 0 heterocycles. The molecule has 13 heavy (non-hydrogen) atoms. The van der Waals surface area contributed by atoms with E-state index in [1.165, 1.54) is 0 Å². The molecule has 72 valence electrons. The molecule has 0 aromatic heterocycles. The van der Waals surface area contributed by atoms with Crippen LogP contribution in [-0.4, -0.2) is 11.7 Å². The maximum atomic E-state index is 12.3. The molecule has 0 aliphatic heterocycles. The monoisotopic (exact) mass is 183 g/mol. The predicted molar refractivity (Wildman–Crippen MR) is 49.9 cm³/mol. The first kappa shape index (κ1) is 10.2. The molecular weight excluding hydrogens is 169 g/mol. The van der Waals surface area contributed by atoms with Gasteiger partial charge in [-0.2, -0.15) is 0 Å². The van der Waals surface area contributed by atoms with E-state index in [-0.39, 0.29) is 12.6 Å². The Balaban J connectivity index is 2.75. The molecule has 0 radical (unpaired) electrons. The van der Waals surface area contributed by atoms with Crippen molar-refractivity contribution in [3.05, 3.63) is 35.4 Å². The van der Waals surface area contributed by atoms with E-state index in [4.69, 9.17) is 10.8 Å². The number of benzene rings is 1. The SMILES string of the molecule is NC(CCO)c1cccc(CF)c1. The van der Waals surface area contributed by atoms with Crippen LogP contribution >= 0.6 is 0 Å². The highest BCUT2D eigenvalue weighted by molar-refractivity contribution is 5.25. The first-order chi connectivity index (χ1) is 6.27. The molecule has 0 saturated heterocycles. The summed E-state index contributed by atoms with van der Waals surface area (Å²) in [6.45, 7) is -0.416. The van der Waals surface area contributed by atoms with Crippen LogP contribution in [0.5, 0.6) is 0 Å². The Labute approximate surface area is 77.2 Å². The van der Waals surface area contributed by atoms with E-state index >= 15 is 0 Å². The summed E-state index contributed by atoms with van der Waals surface area (Å²) in [7, 11) is 0. The predicted octanol–water partition coefficient (Wildman–Crippen LogP) is 1.54. The van der Waals surface area contributed by atoms with Crippen LogP contribution in [0.4, 0.5) is 4.39 Å². The Kier molecular flexibility index (Phi) is 3.86. The van der Waals surface area contributed by atoms with Crippen LogP contribution in [0, 0.1) is 0 Å². The second kappa shape index (κ2) is 4.94. The Bertz CT molecular complexity index is 265. The molecule has 0 amide bonds. The summed E-state index contributed by atoms with van der Waals surface area (Å²) in [5.41, 5.74) is 7.26. The molecule has 1 atom stereocenters. The summed E-state index contributed by atoms with van der Waals surface area (Å²) in [4.78, 5) is 0. The lowest BCUT2D eigenvalue weighted by atomic mass is 10.0. The van der Waals surface area contributed by atoms with Crippen molar-refractivity contribution < 1.29 is 9.50 Å². The van der Waals surface area contributed by atoms with Gasteiger partial charge in [-0.25, -0.2) is 4.39 Å². The van der Waals surface area contributed by atoms with E-state index in [2.05, 4.69) is 0 Å². The minimum absolute atomic E-state index is 0.0566. The van der Waals surface area contributed by atoms with Crippen LogP contribution in [0.15, 0.2) is 24.3 Å². The second-order valence-corrected chi connectivity index (χ2v) is 3.00. The van der Waals surface area contributed by atoms with Crippen molar-refractivity contribution in [1.82, 2.24) is 0 Å². The van der Waals surface area contributed by atoms with E-state index < -0.39 is 6.67 Å². The number of hydrogen-bond acceptors (Lipinski definition) is 2. The quantitative estimate of drug-likeness (QED) is 0.743. The number of rotatable bonds is 4. The van der Waals surface area contributed by atoms with Crippen LogP contribution in [0.3, 0.4) is 0 Å². The number of alkyl halides is 1. The summed E-state index contributed by atoms with van der Waals surface area (Å²) in [6, 6.07) is 6.88. The topological polar surface area (TPSA) is 46.2 Å². The molecular formula is C10H14FNO. The van der Waals surface area contributed by atoms with E-state index in [0.717, 1.165) is 5.56 Å². The van der Waals surface area contributed by atoms with Gasteiger partial charge in [-0.3, -0.25) is 0 Å². The highest BCUT2D eigenvalue weighted by Crippen LogP contribution is 2.15. The fourth-order valence-electron chi connectivity index (χ4n) is 1.21. The van der Waals surface area contributed by atoms with Crippen molar-refractivity contribution in [2.24, 2.45) is 5.73 Å². The molecule has 1 aromatic carbocycles. The van der Waals surface area contributed by atoms with Gasteiger partial charge in [-0.15, -0.1) is 0 Å². The molecule has 0 bridgehead atoms. The fraction of sp³-hybridized carbons (Fsp3) is 0.400. The van der Waals surface area contributed by atoms with Crippen LogP contribution < -0.4 is 5.73 Å². The number of hydrogen-bond donors (Lipinski definition) is 2.